The minimum absolute atomic E-state index is 0.0176. The first-order valence-electron chi connectivity index (χ1n) is 9.13. The molecule has 0 atom stereocenters. The molecule has 0 radical (unpaired) electrons. The van der Waals surface area contributed by atoms with Crippen molar-refractivity contribution in [3.05, 3.63) is 48.0 Å². The minimum Gasteiger partial charge on any atom is -0.493 e. The summed E-state index contributed by atoms with van der Waals surface area (Å²) in [7, 11) is 2.20. The highest BCUT2D eigenvalue weighted by molar-refractivity contribution is 7.89. The topological polar surface area (TPSA) is 94.2 Å². The lowest BCUT2D eigenvalue weighted by atomic mass is 10.2. The van der Waals surface area contributed by atoms with Gasteiger partial charge in [0.2, 0.25) is 15.9 Å². The summed E-state index contributed by atoms with van der Waals surface area (Å²) in [5.74, 6) is 0.945. The summed E-state index contributed by atoms with van der Waals surface area (Å²) in [4.78, 5) is 12.3. The van der Waals surface area contributed by atoms with E-state index in [0.717, 1.165) is 9.87 Å². The highest BCUT2D eigenvalue weighted by Gasteiger charge is 2.23. The molecule has 162 valence electrons. The van der Waals surface area contributed by atoms with Crippen molar-refractivity contribution in [2.24, 2.45) is 0 Å². The molecule has 2 aromatic rings. The van der Waals surface area contributed by atoms with Gasteiger partial charge in [0.1, 0.15) is 10.6 Å². The van der Waals surface area contributed by atoms with Gasteiger partial charge >= 0.3 is 0 Å². The number of hydrogen-bond acceptors (Lipinski definition) is 6. The Labute approximate surface area is 177 Å². The third kappa shape index (κ3) is 5.52. The minimum atomic E-state index is -3.74. The van der Waals surface area contributed by atoms with Crippen molar-refractivity contribution >= 4 is 27.7 Å². The fourth-order valence-corrected chi connectivity index (χ4v) is 3.62. The molecule has 0 unspecified atom stereocenters. The third-order valence-electron chi connectivity index (χ3n) is 4.10. The van der Waals surface area contributed by atoms with E-state index in [2.05, 4.69) is 5.32 Å². The molecule has 0 spiro atoms. The Morgan fingerprint density at radius 2 is 1.70 bits per heavy atom. The number of carbonyl (C=O) groups excluding carboxylic acids is 1. The van der Waals surface area contributed by atoms with Crippen LogP contribution in [0.25, 0.3) is 6.08 Å². The molecule has 0 saturated heterocycles. The van der Waals surface area contributed by atoms with Crippen LogP contribution in [0.15, 0.2) is 47.4 Å². The number of rotatable bonds is 9. The molecular formula is C21H26N2O6S. The Kier molecular flexibility index (Phi) is 7.85. The number of nitrogens with zero attached hydrogens (tertiary/aromatic N) is 1. The van der Waals surface area contributed by atoms with Crippen molar-refractivity contribution in [1.29, 1.82) is 0 Å². The number of nitrogens with one attached hydrogen (secondary N) is 1. The first kappa shape index (κ1) is 23.2. The zero-order valence-electron chi connectivity index (χ0n) is 17.6. The van der Waals surface area contributed by atoms with Crippen molar-refractivity contribution in [3.8, 4) is 17.2 Å². The highest BCUT2D eigenvalue weighted by atomic mass is 32.2. The Morgan fingerprint density at radius 1 is 1.03 bits per heavy atom. The summed E-state index contributed by atoms with van der Waals surface area (Å²) in [5.41, 5.74) is 1.08. The predicted octanol–water partition coefficient (Wildman–Crippen LogP) is 3.00. The summed E-state index contributed by atoms with van der Waals surface area (Å²) in [6, 6.07) is 9.74. The number of ether oxygens (including phenoxy) is 3. The van der Waals surface area contributed by atoms with Crippen LogP contribution in [0.5, 0.6) is 17.2 Å². The van der Waals surface area contributed by atoms with Gasteiger partial charge in [-0.2, -0.15) is 0 Å². The van der Waals surface area contributed by atoms with Crippen LogP contribution >= 0.6 is 0 Å². The molecule has 1 amide bonds. The van der Waals surface area contributed by atoms with Crippen LogP contribution in [-0.4, -0.2) is 53.6 Å². The van der Waals surface area contributed by atoms with E-state index in [9.17, 15) is 13.2 Å². The average molecular weight is 435 g/mol. The maximum atomic E-state index is 12.6. The lowest BCUT2D eigenvalue weighted by Gasteiger charge is -2.16. The van der Waals surface area contributed by atoms with E-state index < -0.39 is 15.9 Å². The quantitative estimate of drug-likeness (QED) is 0.610. The van der Waals surface area contributed by atoms with Crippen LogP contribution in [0.4, 0.5) is 5.69 Å². The zero-order chi connectivity index (χ0) is 22.3. The molecule has 0 aliphatic rings. The number of sulfonamides is 1. The number of methoxy groups -OCH3 is 2. The Bertz CT molecular complexity index is 1030. The van der Waals surface area contributed by atoms with Crippen LogP contribution in [-0.2, 0) is 14.8 Å². The normalized spacial score (nSPS) is 11.5. The van der Waals surface area contributed by atoms with Crippen LogP contribution in [0.3, 0.4) is 0 Å². The first-order chi connectivity index (χ1) is 14.2. The first-order valence-corrected chi connectivity index (χ1v) is 10.6. The smallest absolute Gasteiger partial charge is 0.248 e. The van der Waals surface area contributed by atoms with Gasteiger partial charge in [0.05, 0.1) is 20.8 Å². The third-order valence-corrected chi connectivity index (χ3v) is 5.94. The molecule has 0 aliphatic heterocycles. The van der Waals surface area contributed by atoms with E-state index in [0.29, 0.717) is 23.8 Å². The fraction of sp³-hybridized carbons (Fsp3) is 0.286. The van der Waals surface area contributed by atoms with E-state index >= 15 is 0 Å². The molecule has 8 nitrogen and oxygen atoms in total. The number of amides is 1. The van der Waals surface area contributed by atoms with Gasteiger partial charge in [0.25, 0.3) is 0 Å². The second-order valence-corrected chi connectivity index (χ2v) is 8.44. The highest BCUT2D eigenvalue weighted by Crippen LogP contribution is 2.30. The SMILES string of the molecule is CCOc1ccc(NC(=O)C=Cc2ccc(OC)c(OC)c2)cc1S(=O)(=O)N(C)C. The molecule has 0 aromatic heterocycles. The van der Waals surface area contributed by atoms with Gasteiger partial charge in [-0.05, 0) is 48.9 Å². The second kappa shape index (κ2) is 10.1. The Hall–Kier alpha value is -3.04. The maximum absolute atomic E-state index is 12.6. The molecule has 1 N–H and O–H groups in total. The van der Waals surface area contributed by atoms with Crippen LogP contribution in [0, 0.1) is 0 Å². The van der Waals surface area contributed by atoms with E-state index in [1.54, 1.807) is 44.4 Å². The summed E-state index contributed by atoms with van der Waals surface area (Å²) < 4.78 is 42.1. The molecular weight excluding hydrogens is 408 g/mol. The van der Waals surface area contributed by atoms with E-state index in [1.807, 2.05) is 0 Å². The van der Waals surface area contributed by atoms with E-state index in [-0.39, 0.29) is 10.6 Å². The van der Waals surface area contributed by atoms with E-state index in [4.69, 9.17) is 14.2 Å². The van der Waals surface area contributed by atoms with Crippen LogP contribution in [0.2, 0.25) is 0 Å². The molecule has 2 aromatic carbocycles. The lowest BCUT2D eigenvalue weighted by molar-refractivity contribution is -0.111. The monoisotopic (exact) mass is 434 g/mol. The molecule has 0 saturated carbocycles. The van der Waals surface area contributed by atoms with Crippen molar-refractivity contribution in [3.63, 3.8) is 0 Å². The maximum Gasteiger partial charge on any atom is 0.248 e. The predicted molar refractivity (Wildman–Crippen MR) is 116 cm³/mol. The van der Waals surface area contributed by atoms with Crippen LogP contribution < -0.4 is 19.5 Å². The fourth-order valence-electron chi connectivity index (χ4n) is 2.57. The number of carbonyl (C=O) groups is 1. The molecule has 9 heteroatoms. The number of benzene rings is 2. The zero-order valence-corrected chi connectivity index (χ0v) is 18.4. The van der Waals surface area contributed by atoms with Crippen LogP contribution in [0.1, 0.15) is 12.5 Å². The van der Waals surface area contributed by atoms with Gasteiger partial charge in [-0.25, -0.2) is 12.7 Å². The summed E-state index contributed by atoms with van der Waals surface area (Å²) in [5, 5.41) is 2.66. The summed E-state index contributed by atoms with van der Waals surface area (Å²) in [6.07, 6.45) is 2.96. The van der Waals surface area contributed by atoms with E-state index in [1.165, 1.54) is 39.4 Å². The number of hydrogen-bond donors (Lipinski definition) is 1. The van der Waals surface area contributed by atoms with Crippen molar-refractivity contribution < 1.29 is 27.4 Å². The molecule has 0 aliphatic carbocycles. The Balaban J connectivity index is 2.23. The molecule has 30 heavy (non-hydrogen) atoms. The lowest BCUT2D eigenvalue weighted by Crippen LogP contribution is -2.23. The molecule has 0 fully saturated rings. The average Bonchev–Trinajstić information content (AvgIpc) is 2.73. The van der Waals surface area contributed by atoms with Gasteiger partial charge in [0.15, 0.2) is 11.5 Å². The standard InChI is InChI=1S/C21H26N2O6S/c1-6-29-18-11-9-16(14-20(18)30(25,26)23(2)3)22-21(24)12-8-15-7-10-17(27-4)19(13-15)28-5/h7-14H,6H2,1-5H3,(H,22,24). The van der Waals surface area contributed by atoms with Crippen molar-refractivity contribution in [1.82, 2.24) is 4.31 Å². The van der Waals surface area contributed by atoms with Gasteiger partial charge in [-0.3, -0.25) is 4.79 Å². The molecule has 0 bridgehead atoms. The van der Waals surface area contributed by atoms with Gasteiger partial charge < -0.3 is 19.5 Å². The Morgan fingerprint density at radius 3 is 2.30 bits per heavy atom. The van der Waals surface area contributed by atoms with Gasteiger partial charge in [-0.15, -0.1) is 0 Å². The summed E-state index contributed by atoms with van der Waals surface area (Å²) in [6.45, 7) is 2.08. The molecule has 0 heterocycles. The summed E-state index contributed by atoms with van der Waals surface area (Å²) >= 11 is 0. The van der Waals surface area contributed by atoms with Gasteiger partial charge in [0, 0.05) is 25.9 Å². The van der Waals surface area contributed by atoms with Gasteiger partial charge in [-0.1, -0.05) is 6.07 Å². The molecule has 2 rings (SSSR count). The van der Waals surface area contributed by atoms with Crippen molar-refractivity contribution in [2.75, 3.05) is 40.2 Å². The number of anilines is 1. The second-order valence-electron chi connectivity index (χ2n) is 6.32. The largest absolute Gasteiger partial charge is 0.493 e. The van der Waals surface area contributed by atoms with Crippen molar-refractivity contribution in [2.45, 2.75) is 11.8 Å².